The van der Waals surface area contributed by atoms with Crippen LogP contribution in [0.5, 0.6) is 5.75 Å². The molecule has 0 aliphatic carbocycles. The third kappa shape index (κ3) is 5.48. The molecule has 0 aliphatic rings. The van der Waals surface area contributed by atoms with Crippen molar-refractivity contribution in [1.82, 2.24) is 10.1 Å². The average molecular weight is 487 g/mol. The van der Waals surface area contributed by atoms with Gasteiger partial charge in [0.25, 0.3) is 0 Å². The largest absolute Gasteiger partial charge is 0.513 e. The zero-order valence-electron chi connectivity index (χ0n) is 18.2. The quantitative estimate of drug-likeness (QED) is 0.265. The molecule has 2 aromatic carbocycles. The first-order chi connectivity index (χ1) is 16.2. The van der Waals surface area contributed by atoms with Gasteiger partial charge in [0.1, 0.15) is 23.6 Å². The van der Waals surface area contributed by atoms with Gasteiger partial charge in [0.2, 0.25) is 0 Å². The van der Waals surface area contributed by atoms with Crippen LogP contribution in [0.2, 0.25) is 0 Å². The fraction of sp³-hybridized carbons (Fsp3) is 0.200. The van der Waals surface area contributed by atoms with Crippen molar-refractivity contribution in [2.24, 2.45) is 0 Å². The molecule has 0 spiro atoms. The molecule has 0 bridgehead atoms. The minimum atomic E-state index is -4.41. The molecule has 0 amide bonds. The van der Waals surface area contributed by atoms with Crippen molar-refractivity contribution in [3.05, 3.63) is 101 Å². The summed E-state index contributed by atoms with van der Waals surface area (Å²) in [6.07, 6.45) is -2.62. The summed E-state index contributed by atoms with van der Waals surface area (Å²) >= 11 is 1.30. The van der Waals surface area contributed by atoms with Gasteiger partial charge in [-0.15, -0.1) is 11.3 Å². The van der Waals surface area contributed by atoms with Gasteiger partial charge in [0, 0.05) is 24.0 Å². The van der Waals surface area contributed by atoms with Gasteiger partial charge in [-0.25, -0.2) is 4.98 Å². The number of halogens is 3. The number of ether oxygens (including phenoxy) is 1. The SMILES string of the molecule is C=C(O)C[C@@H](c1ccc(OCc2sc(-c3cccc(C(F)(F)F)c3)nc2C)cc1)c1ccon1. The van der Waals surface area contributed by atoms with E-state index in [2.05, 4.69) is 16.7 Å². The van der Waals surface area contributed by atoms with Crippen molar-refractivity contribution in [3.8, 4) is 16.3 Å². The van der Waals surface area contributed by atoms with E-state index in [-0.39, 0.29) is 18.3 Å². The number of hydrogen-bond donors (Lipinski definition) is 1. The Hall–Kier alpha value is -3.59. The van der Waals surface area contributed by atoms with Crippen LogP contribution in [-0.2, 0) is 12.8 Å². The molecule has 1 atom stereocenters. The zero-order chi connectivity index (χ0) is 24.3. The molecule has 4 aromatic rings. The van der Waals surface area contributed by atoms with Gasteiger partial charge in [-0.3, -0.25) is 0 Å². The summed E-state index contributed by atoms with van der Waals surface area (Å²) in [5, 5.41) is 14.2. The summed E-state index contributed by atoms with van der Waals surface area (Å²) in [5.41, 5.74) is 2.03. The van der Waals surface area contributed by atoms with Crippen molar-refractivity contribution in [2.75, 3.05) is 0 Å². The fourth-order valence-corrected chi connectivity index (χ4v) is 4.46. The van der Waals surface area contributed by atoms with Crippen LogP contribution in [0.3, 0.4) is 0 Å². The van der Waals surface area contributed by atoms with E-state index in [0.717, 1.165) is 22.6 Å². The summed E-state index contributed by atoms with van der Waals surface area (Å²) in [6.45, 7) is 5.62. The smallest absolute Gasteiger partial charge is 0.416 e. The van der Waals surface area contributed by atoms with E-state index < -0.39 is 11.7 Å². The molecule has 1 N–H and O–H groups in total. The average Bonchev–Trinajstić information content (AvgIpc) is 3.46. The second-order valence-corrected chi connectivity index (χ2v) is 8.79. The first kappa shape index (κ1) is 23.6. The second kappa shape index (κ2) is 9.72. The van der Waals surface area contributed by atoms with Crippen LogP contribution in [-0.4, -0.2) is 15.2 Å². The Morgan fingerprint density at radius 2 is 1.94 bits per heavy atom. The molecule has 176 valence electrons. The van der Waals surface area contributed by atoms with Crippen LogP contribution < -0.4 is 4.74 Å². The van der Waals surface area contributed by atoms with Crippen molar-refractivity contribution >= 4 is 11.3 Å². The Kier molecular flexibility index (Phi) is 6.74. The van der Waals surface area contributed by atoms with Gasteiger partial charge in [0.15, 0.2) is 0 Å². The van der Waals surface area contributed by atoms with E-state index in [0.29, 0.717) is 34.1 Å². The number of aromatic nitrogens is 2. The van der Waals surface area contributed by atoms with Crippen LogP contribution in [0, 0.1) is 6.92 Å². The van der Waals surface area contributed by atoms with E-state index >= 15 is 0 Å². The number of aryl methyl sites for hydroxylation is 1. The normalized spacial score (nSPS) is 12.5. The minimum Gasteiger partial charge on any atom is -0.513 e. The third-order valence-corrected chi connectivity index (χ3v) is 6.42. The molecule has 2 aromatic heterocycles. The standard InChI is InChI=1S/C25H21F3N2O3S/c1-15(31)12-21(22-10-11-33-30-22)17-6-8-20(9-7-17)32-14-23-16(2)29-24(34-23)18-4-3-5-19(13-18)25(26,27)28/h3-11,13,21,31H,1,12,14H2,2H3/t21-/m0/s1. The number of aliphatic hydroxyl groups excluding tert-OH is 1. The molecular weight excluding hydrogens is 465 g/mol. The molecule has 0 radical (unpaired) electrons. The number of thiazole rings is 1. The molecule has 0 aliphatic heterocycles. The van der Waals surface area contributed by atoms with Crippen molar-refractivity contribution in [1.29, 1.82) is 0 Å². The third-order valence-electron chi connectivity index (χ3n) is 5.24. The molecule has 0 saturated carbocycles. The van der Waals surface area contributed by atoms with Crippen LogP contribution in [0.15, 0.2) is 77.7 Å². The maximum Gasteiger partial charge on any atom is 0.416 e. The second-order valence-electron chi connectivity index (χ2n) is 7.71. The fourth-order valence-electron chi connectivity index (χ4n) is 3.49. The first-order valence-corrected chi connectivity index (χ1v) is 11.2. The summed E-state index contributed by atoms with van der Waals surface area (Å²) in [4.78, 5) is 5.26. The highest BCUT2D eigenvalue weighted by atomic mass is 32.1. The molecule has 9 heteroatoms. The predicted molar refractivity (Wildman–Crippen MR) is 123 cm³/mol. The molecule has 5 nitrogen and oxygen atoms in total. The van der Waals surface area contributed by atoms with E-state index in [1.807, 2.05) is 24.3 Å². The topological polar surface area (TPSA) is 68.4 Å². The van der Waals surface area contributed by atoms with Gasteiger partial charge in [-0.05, 0) is 36.8 Å². The number of rotatable bonds is 8. The number of alkyl halides is 3. The maximum absolute atomic E-state index is 13.0. The Morgan fingerprint density at radius 3 is 2.59 bits per heavy atom. The number of hydrogen-bond acceptors (Lipinski definition) is 6. The van der Waals surface area contributed by atoms with Crippen LogP contribution in [0.1, 0.15) is 39.7 Å². The van der Waals surface area contributed by atoms with Gasteiger partial charge in [-0.2, -0.15) is 13.2 Å². The maximum atomic E-state index is 13.0. The Bertz CT molecular complexity index is 1270. The van der Waals surface area contributed by atoms with Crippen molar-refractivity contribution in [3.63, 3.8) is 0 Å². The molecule has 0 fully saturated rings. The predicted octanol–water partition coefficient (Wildman–Crippen LogP) is 7.30. The lowest BCUT2D eigenvalue weighted by atomic mass is 9.92. The molecule has 0 unspecified atom stereocenters. The Balaban J connectivity index is 1.46. The summed E-state index contributed by atoms with van der Waals surface area (Å²) < 4.78 is 49.9. The lowest BCUT2D eigenvalue weighted by Crippen LogP contribution is -2.04. The molecule has 34 heavy (non-hydrogen) atoms. The molecule has 4 rings (SSSR count). The monoisotopic (exact) mass is 486 g/mol. The van der Waals surface area contributed by atoms with Gasteiger partial charge < -0.3 is 14.4 Å². The van der Waals surface area contributed by atoms with E-state index in [4.69, 9.17) is 9.26 Å². The Labute approximate surface area is 198 Å². The van der Waals surface area contributed by atoms with Gasteiger partial charge >= 0.3 is 6.18 Å². The highest BCUT2D eigenvalue weighted by Gasteiger charge is 2.30. The van der Waals surface area contributed by atoms with Crippen molar-refractivity contribution in [2.45, 2.75) is 32.0 Å². The number of nitrogens with zero attached hydrogens (tertiary/aromatic N) is 2. The summed E-state index contributed by atoms with van der Waals surface area (Å²) in [7, 11) is 0. The lowest BCUT2D eigenvalue weighted by molar-refractivity contribution is -0.137. The lowest BCUT2D eigenvalue weighted by Gasteiger charge is -2.14. The van der Waals surface area contributed by atoms with E-state index in [9.17, 15) is 18.3 Å². The zero-order valence-corrected chi connectivity index (χ0v) is 19.0. The summed E-state index contributed by atoms with van der Waals surface area (Å²) in [6, 6.07) is 14.3. The highest BCUT2D eigenvalue weighted by molar-refractivity contribution is 7.15. The van der Waals surface area contributed by atoms with Gasteiger partial charge in [0.05, 0.1) is 27.6 Å². The molecular formula is C25H21F3N2O3S. The number of allylic oxidation sites excluding steroid dienone is 1. The number of benzene rings is 2. The Morgan fingerprint density at radius 1 is 1.18 bits per heavy atom. The van der Waals surface area contributed by atoms with Crippen LogP contribution >= 0.6 is 11.3 Å². The highest BCUT2D eigenvalue weighted by Crippen LogP contribution is 2.35. The number of aliphatic hydroxyl groups is 1. The van der Waals surface area contributed by atoms with Crippen LogP contribution in [0.4, 0.5) is 13.2 Å². The van der Waals surface area contributed by atoms with E-state index in [1.165, 1.54) is 23.7 Å². The van der Waals surface area contributed by atoms with Gasteiger partial charge in [-0.1, -0.05) is 36.0 Å². The molecule has 0 saturated heterocycles. The first-order valence-electron chi connectivity index (χ1n) is 10.3. The van der Waals surface area contributed by atoms with Crippen molar-refractivity contribution < 1.29 is 27.5 Å². The minimum absolute atomic E-state index is 0.0468. The summed E-state index contributed by atoms with van der Waals surface area (Å²) in [5.74, 6) is 0.466. The molecule has 2 heterocycles. The van der Waals surface area contributed by atoms with E-state index in [1.54, 1.807) is 19.1 Å². The van der Waals surface area contributed by atoms with Crippen LogP contribution in [0.25, 0.3) is 10.6 Å².